The van der Waals surface area contributed by atoms with Crippen molar-refractivity contribution in [2.24, 2.45) is 0 Å². The van der Waals surface area contributed by atoms with Crippen molar-refractivity contribution in [2.45, 2.75) is 32.9 Å². The lowest BCUT2D eigenvalue weighted by Crippen LogP contribution is -2.34. The standard InChI is InChI=1S/C14H19NO3/c1-3-17-14(16)10(2)15-9-11-4-5-13-12(8-11)6-7-18-13/h4-5,8,10,15H,3,6-7,9H2,1-2H3. The van der Waals surface area contributed by atoms with Crippen LogP contribution in [0.1, 0.15) is 25.0 Å². The lowest BCUT2D eigenvalue weighted by Gasteiger charge is -2.12. The van der Waals surface area contributed by atoms with Gasteiger partial charge < -0.3 is 14.8 Å². The van der Waals surface area contributed by atoms with Crippen LogP contribution in [0.25, 0.3) is 0 Å². The maximum absolute atomic E-state index is 11.4. The van der Waals surface area contributed by atoms with Crippen LogP contribution in [0, 0.1) is 0 Å². The number of esters is 1. The van der Waals surface area contributed by atoms with Crippen LogP contribution in [-0.2, 0) is 22.5 Å². The maximum Gasteiger partial charge on any atom is 0.322 e. The van der Waals surface area contributed by atoms with Crippen LogP contribution in [0.2, 0.25) is 0 Å². The Hall–Kier alpha value is -1.55. The van der Waals surface area contributed by atoms with Crippen LogP contribution >= 0.6 is 0 Å². The molecule has 98 valence electrons. The monoisotopic (exact) mass is 249 g/mol. The van der Waals surface area contributed by atoms with E-state index in [4.69, 9.17) is 9.47 Å². The molecule has 1 aromatic carbocycles. The zero-order chi connectivity index (χ0) is 13.0. The van der Waals surface area contributed by atoms with Crippen LogP contribution in [0.4, 0.5) is 0 Å². The van der Waals surface area contributed by atoms with Crippen molar-refractivity contribution in [3.05, 3.63) is 29.3 Å². The van der Waals surface area contributed by atoms with Crippen molar-refractivity contribution in [2.75, 3.05) is 13.2 Å². The topological polar surface area (TPSA) is 47.6 Å². The zero-order valence-electron chi connectivity index (χ0n) is 10.9. The van der Waals surface area contributed by atoms with Gasteiger partial charge in [-0.1, -0.05) is 12.1 Å². The average Bonchev–Trinajstić information content (AvgIpc) is 2.83. The highest BCUT2D eigenvalue weighted by atomic mass is 16.5. The number of ether oxygens (including phenoxy) is 2. The molecule has 1 heterocycles. The molecule has 2 rings (SSSR count). The number of hydrogen-bond acceptors (Lipinski definition) is 4. The second-order valence-corrected chi connectivity index (χ2v) is 4.40. The van der Waals surface area contributed by atoms with Crippen molar-refractivity contribution in [1.29, 1.82) is 0 Å². The molecule has 0 spiro atoms. The number of carbonyl (C=O) groups excluding carboxylic acids is 1. The Bertz CT molecular complexity index is 431. The molecule has 0 saturated carbocycles. The number of carbonyl (C=O) groups is 1. The van der Waals surface area contributed by atoms with E-state index in [1.54, 1.807) is 0 Å². The smallest absolute Gasteiger partial charge is 0.322 e. The Kier molecular flexibility index (Phi) is 4.20. The SMILES string of the molecule is CCOC(=O)C(C)NCc1ccc2c(c1)CCO2. The molecule has 0 radical (unpaired) electrons. The third-order valence-electron chi connectivity index (χ3n) is 3.01. The predicted octanol–water partition coefficient (Wildman–Crippen LogP) is 1.66. The fraction of sp³-hybridized carbons (Fsp3) is 0.500. The summed E-state index contributed by atoms with van der Waals surface area (Å²) in [6.45, 7) is 5.47. The maximum atomic E-state index is 11.4. The molecule has 1 N–H and O–H groups in total. The molecule has 4 heteroatoms. The van der Waals surface area contributed by atoms with Crippen LogP contribution in [0.5, 0.6) is 5.75 Å². The molecule has 1 aromatic rings. The highest BCUT2D eigenvalue weighted by Gasteiger charge is 2.15. The zero-order valence-corrected chi connectivity index (χ0v) is 10.9. The van der Waals surface area contributed by atoms with Gasteiger partial charge in [-0.15, -0.1) is 0 Å². The molecule has 0 aromatic heterocycles. The summed E-state index contributed by atoms with van der Waals surface area (Å²) in [5.41, 5.74) is 2.41. The predicted molar refractivity (Wildman–Crippen MR) is 68.6 cm³/mol. The number of rotatable bonds is 5. The molecular formula is C14H19NO3. The van der Waals surface area contributed by atoms with Gasteiger partial charge in [-0.25, -0.2) is 0 Å². The molecule has 1 unspecified atom stereocenters. The lowest BCUT2D eigenvalue weighted by molar-refractivity contribution is -0.145. The third-order valence-corrected chi connectivity index (χ3v) is 3.01. The number of fused-ring (bicyclic) bond motifs is 1. The Balaban J connectivity index is 1.88. The summed E-state index contributed by atoms with van der Waals surface area (Å²) in [4.78, 5) is 11.4. The van der Waals surface area contributed by atoms with Gasteiger partial charge in [0.15, 0.2) is 0 Å². The molecule has 0 fully saturated rings. The largest absolute Gasteiger partial charge is 0.493 e. The van der Waals surface area contributed by atoms with Gasteiger partial charge in [0.25, 0.3) is 0 Å². The van der Waals surface area contributed by atoms with Gasteiger partial charge in [0.2, 0.25) is 0 Å². The van der Waals surface area contributed by atoms with Crippen LogP contribution in [-0.4, -0.2) is 25.2 Å². The highest BCUT2D eigenvalue weighted by Crippen LogP contribution is 2.25. The van der Waals surface area contributed by atoms with Crippen molar-refractivity contribution in [3.63, 3.8) is 0 Å². The minimum absolute atomic E-state index is 0.206. The van der Waals surface area contributed by atoms with Gasteiger partial charge >= 0.3 is 5.97 Å². The summed E-state index contributed by atoms with van der Waals surface area (Å²) in [6.07, 6.45) is 0.969. The second kappa shape index (κ2) is 5.87. The molecule has 1 aliphatic heterocycles. The van der Waals surface area contributed by atoms with Crippen molar-refractivity contribution >= 4 is 5.97 Å². The van der Waals surface area contributed by atoms with Crippen molar-refractivity contribution < 1.29 is 14.3 Å². The first-order valence-corrected chi connectivity index (χ1v) is 6.35. The van der Waals surface area contributed by atoms with Crippen molar-refractivity contribution in [3.8, 4) is 5.75 Å². The Labute approximate surface area is 107 Å². The molecule has 4 nitrogen and oxygen atoms in total. The van der Waals surface area contributed by atoms with E-state index in [1.165, 1.54) is 5.56 Å². The third kappa shape index (κ3) is 3.01. The van der Waals surface area contributed by atoms with Crippen LogP contribution in [0.15, 0.2) is 18.2 Å². The van der Waals surface area contributed by atoms with E-state index in [1.807, 2.05) is 26.0 Å². The fourth-order valence-corrected chi connectivity index (χ4v) is 1.97. The quantitative estimate of drug-likeness (QED) is 0.806. The fourth-order valence-electron chi connectivity index (χ4n) is 1.97. The van der Waals surface area contributed by atoms with E-state index in [0.29, 0.717) is 13.2 Å². The molecule has 0 aliphatic carbocycles. The number of benzene rings is 1. The summed E-state index contributed by atoms with van der Waals surface area (Å²) < 4.78 is 10.4. The molecule has 1 aliphatic rings. The van der Waals surface area contributed by atoms with Gasteiger partial charge in [0, 0.05) is 13.0 Å². The first-order valence-electron chi connectivity index (χ1n) is 6.35. The first kappa shape index (κ1) is 12.9. The van der Waals surface area contributed by atoms with Crippen molar-refractivity contribution in [1.82, 2.24) is 5.32 Å². The minimum atomic E-state index is -0.283. The van der Waals surface area contributed by atoms with E-state index in [2.05, 4.69) is 11.4 Å². The molecule has 0 amide bonds. The van der Waals surface area contributed by atoms with E-state index in [9.17, 15) is 4.79 Å². The molecule has 18 heavy (non-hydrogen) atoms. The van der Waals surface area contributed by atoms with Gasteiger partial charge in [-0.3, -0.25) is 4.79 Å². The Morgan fingerprint density at radius 1 is 1.56 bits per heavy atom. The highest BCUT2D eigenvalue weighted by molar-refractivity contribution is 5.75. The average molecular weight is 249 g/mol. The van der Waals surface area contributed by atoms with E-state index in [0.717, 1.165) is 24.3 Å². The van der Waals surface area contributed by atoms with Crippen LogP contribution < -0.4 is 10.1 Å². The summed E-state index contributed by atoms with van der Waals surface area (Å²) in [6, 6.07) is 5.87. The van der Waals surface area contributed by atoms with Gasteiger partial charge in [-0.05, 0) is 31.0 Å². The first-order chi connectivity index (χ1) is 8.70. The van der Waals surface area contributed by atoms with E-state index in [-0.39, 0.29) is 12.0 Å². The second-order valence-electron chi connectivity index (χ2n) is 4.40. The Morgan fingerprint density at radius 2 is 2.39 bits per heavy atom. The summed E-state index contributed by atoms with van der Waals surface area (Å²) in [7, 11) is 0. The summed E-state index contributed by atoms with van der Waals surface area (Å²) in [5.74, 6) is 0.777. The van der Waals surface area contributed by atoms with E-state index < -0.39 is 0 Å². The Morgan fingerprint density at radius 3 is 3.17 bits per heavy atom. The molecule has 0 saturated heterocycles. The van der Waals surface area contributed by atoms with Gasteiger partial charge in [0.1, 0.15) is 11.8 Å². The minimum Gasteiger partial charge on any atom is -0.493 e. The normalized spacial score (nSPS) is 14.8. The summed E-state index contributed by atoms with van der Waals surface area (Å²) >= 11 is 0. The van der Waals surface area contributed by atoms with Gasteiger partial charge in [0.05, 0.1) is 13.2 Å². The summed E-state index contributed by atoms with van der Waals surface area (Å²) in [5, 5.41) is 3.16. The van der Waals surface area contributed by atoms with E-state index >= 15 is 0 Å². The van der Waals surface area contributed by atoms with Crippen LogP contribution in [0.3, 0.4) is 0 Å². The van der Waals surface area contributed by atoms with Gasteiger partial charge in [-0.2, -0.15) is 0 Å². The molecule has 1 atom stereocenters. The lowest BCUT2D eigenvalue weighted by atomic mass is 10.1. The number of hydrogen-bond donors (Lipinski definition) is 1. The molecular weight excluding hydrogens is 230 g/mol. The molecule has 0 bridgehead atoms. The number of nitrogens with one attached hydrogen (secondary N) is 1.